The van der Waals surface area contributed by atoms with E-state index in [-0.39, 0.29) is 0 Å². The highest BCUT2D eigenvalue weighted by molar-refractivity contribution is 7.99. The van der Waals surface area contributed by atoms with Crippen LogP contribution >= 0.6 is 11.8 Å². The lowest BCUT2D eigenvalue weighted by Crippen LogP contribution is -2.06. The smallest absolute Gasteiger partial charge is 0.113 e. The lowest BCUT2D eigenvalue weighted by molar-refractivity contribution is 0.644. The van der Waals surface area contributed by atoms with Crippen LogP contribution in [-0.4, -0.2) is 41.5 Å². The first-order valence-electron chi connectivity index (χ1n) is 7.56. The van der Waals surface area contributed by atoms with Crippen molar-refractivity contribution < 1.29 is 0 Å². The van der Waals surface area contributed by atoms with Crippen molar-refractivity contribution in [2.45, 2.75) is 13.1 Å². The van der Waals surface area contributed by atoms with Crippen LogP contribution in [0.1, 0.15) is 0 Å². The molecule has 0 aliphatic carbocycles. The maximum atomic E-state index is 4.21. The average Bonchev–Trinajstić information content (AvgIpc) is 3.19. The minimum absolute atomic E-state index is 0.864. The molecule has 0 amide bonds. The van der Waals surface area contributed by atoms with Crippen molar-refractivity contribution in [2.75, 3.05) is 11.5 Å². The fourth-order valence-corrected chi connectivity index (χ4v) is 3.38. The number of para-hydroxylation sites is 2. The van der Waals surface area contributed by atoms with Crippen LogP contribution in [-0.2, 0) is 13.1 Å². The molecule has 0 saturated heterocycles. The van der Waals surface area contributed by atoms with Gasteiger partial charge in [-0.05, 0) is 24.3 Å². The normalized spacial score (nSPS) is 11.5. The second-order valence-corrected chi connectivity index (χ2v) is 6.44. The summed E-state index contributed by atoms with van der Waals surface area (Å²) >= 11 is 1.89. The van der Waals surface area contributed by atoms with Gasteiger partial charge in [0, 0.05) is 11.5 Å². The van der Waals surface area contributed by atoms with Gasteiger partial charge in [-0.3, -0.25) is 0 Å². The Labute approximate surface area is 137 Å². The van der Waals surface area contributed by atoms with Crippen molar-refractivity contribution in [3.63, 3.8) is 0 Å². The largest absolute Gasteiger partial charge is 0.244 e. The van der Waals surface area contributed by atoms with Gasteiger partial charge in [0.15, 0.2) is 0 Å². The van der Waals surface area contributed by atoms with Crippen molar-refractivity contribution in [2.24, 2.45) is 0 Å². The van der Waals surface area contributed by atoms with Gasteiger partial charge in [-0.1, -0.05) is 34.7 Å². The Morgan fingerprint density at radius 1 is 0.696 bits per heavy atom. The Morgan fingerprint density at radius 2 is 1.17 bits per heavy atom. The lowest BCUT2D eigenvalue weighted by Gasteiger charge is -2.04. The van der Waals surface area contributed by atoms with E-state index in [0.29, 0.717) is 0 Å². The number of fused-ring (bicyclic) bond motifs is 2. The molecule has 4 aromatic rings. The second-order valence-electron chi connectivity index (χ2n) is 5.21. The van der Waals surface area contributed by atoms with Crippen LogP contribution < -0.4 is 0 Å². The summed E-state index contributed by atoms with van der Waals surface area (Å²) in [4.78, 5) is 0. The Bertz CT molecular complexity index is 852. The van der Waals surface area contributed by atoms with E-state index in [1.165, 1.54) is 0 Å². The molecule has 0 radical (unpaired) electrons. The van der Waals surface area contributed by atoms with Crippen molar-refractivity contribution in [3.05, 3.63) is 48.5 Å². The number of hydrogen-bond acceptors (Lipinski definition) is 5. The van der Waals surface area contributed by atoms with Gasteiger partial charge < -0.3 is 0 Å². The fraction of sp³-hybridized carbons (Fsp3) is 0.250. The average molecular weight is 324 g/mol. The minimum atomic E-state index is 0.864. The highest BCUT2D eigenvalue weighted by atomic mass is 32.2. The van der Waals surface area contributed by atoms with Gasteiger partial charge in [0.25, 0.3) is 0 Å². The zero-order valence-electron chi connectivity index (χ0n) is 12.5. The number of rotatable bonds is 6. The predicted octanol–water partition coefficient (Wildman–Crippen LogP) is 2.61. The van der Waals surface area contributed by atoms with Gasteiger partial charge >= 0.3 is 0 Å². The quantitative estimate of drug-likeness (QED) is 0.510. The Hall–Kier alpha value is -2.41. The number of aromatic nitrogens is 6. The third-order valence-electron chi connectivity index (χ3n) is 3.74. The first-order valence-corrected chi connectivity index (χ1v) is 8.71. The van der Waals surface area contributed by atoms with E-state index in [9.17, 15) is 0 Å². The van der Waals surface area contributed by atoms with Gasteiger partial charge in [0.2, 0.25) is 0 Å². The van der Waals surface area contributed by atoms with Crippen LogP contribution in [0, 0.1) is 0 Å². The molecule has 0 bridgehead atoms. The molecule has 7 heteroatoms. The summed E-state index contributed by atoms with van der Waals surface area (Å²) in [5.74, 6) is 2.00. The Morgan fingerprint density at radius 3 is 1.70 bits per heavy atom. The number of benzene rings is 2. The van der Waals surface area contributed by atoms with Crippen molar-refractivity contribution in [1.29, 1.82) is 0 Å². The molecular formula is C16H16N6S. The fourth-order valence-electron chi connectivity index (χ4n) is 2.57. The highest BCUT2D eigenvalue weighted by Crippen LogP contribution is 2.13. The SMILES string of the molecule is c1ccc2c(c1)nnn2CCSCCn1nnc2ccccc21. The highest BCUT2D eigenvalue weighted by Gasteiger charge is 2.04. The summed E-state index contributed by atoms with van der Waals surface area (Å²) in [5, 5.41) is 16.8. The number of hydrogen-bond donors (Lipinski definition) is 0. The predicted molar refractivity (Wildman–Crippen MR) is 92.4 cm³/mol. The molecule has 2 aromatic heterocycles. The summed E-state index contributed by atoms with van der Waals surface area (Å²) in [6, 6.07) is 16.1. The van der Waals surface area contributed by atoms with Crippen LogP contribution in [0.3, 0.4) is 0 Å². The summed E-state index contributed by atoms with van der Waals surface area (Å²) in [6.45, 7) is 1.73. The molecule has 0 fully saturated rings. The molecule has 0 atom stereocenters. The minimum Gasteiger partial charge on any atom is -0.244 e. The van der Waals surface area contributed by atoms with Gasteiger partial charge in [-0.25, -0.2) is 9.36 Å². The molecule has 0 aliphatic heterocycles. The molecule has 116 valence electrons. The van der Waals surface area contributed by atoms with Gasteiger partial charge in [0.05, 0.1) is 24.1 Å². The van der Waals surface area contributed by atoms with E-state index in [4.69, 9.17) is 0 Å². The van der Waals surface area contributed by atoms with E-state index in [0.717, 1.165) is 46.7 Å². The lowest BCUT2D eigenvalue weighted by atomic mass is 10.3. The van der Waals surface area contributed by atoms with E-state index < -0.39 is 0 Å². The number of thioether (sulfide) groups is 1. The van der Waals surface area contributed by atoms with Crippen LogP contribution in [0.4, 0.5) is 0 Å². The molecule has 0 spiro atoms. The third-order valence-corrected chi connectivity index (χ3v) is 4.68. The topological polar surface area (TPSA) is 61.4 Å². The van der Waals surface area contributed by atoms with Gasteiger partial charge in [-0.2, -0.15) is 11.8 Å². The molecule has 0 aliphatic rings. The van der Waals surface area contributed by atoms with Crippen molar-refractivity contribution >= 4 is 33.8 Å². The van der Waals surface area contributed by atoms with Crippen molar-refractivity contribution in [3.8, 4) is 0 Å². The molecular weight excluding hydrogens is 308 g/mol. The van der Waals surface area contributed by atoms with E-state index in [2.05, 4.69) is 32.8 Å². The molecule has 23 heavy (non-hydrogen) atoms. The standard InChI is InChI=1S/C16H16N6S/c1-3-7-15-13(5-1)17-19-21(15)9-11-23-12-10-22-16-8-4-2-6-14(16)18-20-22/h1-8H,9-12H2. The van der Waals surface area contributed by atoms with Crippen molar-refractivity contribution in [1.82, 2.24) is 30.0 Å². The van der Waals surface area contributed by atoms with Crippen LogP contribution in [0.25, 0.3) is 22.1 Å². The monoisotopic (exact) mass is 324 g/mol. The summed E-state index contributed by atoms with van der Waals surface area (Å²) in [6.07, 6.45) is 0. The van der Waals surface area contributed by atoms with Crippen LogP contribution in [0.15, 0.2) is 48.5 Å². The maximum absolute atomic E-state index is 4.21. The molecule has 0 saturated carbocycles. The number of nitrogens with zero attached hydrogens (tertiary/aromatic N) is 6. The van der Waals surface area contributed by atoms with Crippen LogP contribution in [0.5, 0.6) is 0 Å². The zero-order chi connectivity index (χ0) is 15.5. The van der Waals surface area contributed by atoms with E-state index >= 15 is 0 Å². The van der Waals surface area contributed by atoms with E-state index in [1.54, 1.807) is 0 Å². The Balaban J connectivity index is 1.31. The van der Waals surface area contributed by atoms with Gasteiger partial charge in [0.1, 0.15) is 11.0 Å². The molecule has 6 nitrogen and oxygen atoms in total. The first-order chi connectivity index (χ1) is 11.4. The van der Waals surface area contributed by atoms with Gasteiger partial charge in [-0.15, -0.1) is 10.2 Å². The zero-order valence-corrected chi connectivity index (χ0v) is 13.4. The maximum Gasteiger partial charge on any atom is 0.113 e. The van der Waals surface area contributed by atoms with Crippen LogP contribution in [0.2, 0.25) is 0 Å². The second kappa shape index (κ2) is 6.37. The molecule has 0 unspecified atom stereocenters. The Kier molecular flexibility index (Phi) is 3.94. The third kappa shape index (κ3) is 2.92. The summed E-state index contributed by atoms with van der Waals surface area (Å²) in [7, 11) is 0. The molecule has 2 aromatic carbocycles. The summed E-state index contributed by atoms with van der Waals surface area (Å²) < 4.78 is 3.93. The number of aryl methyl sites for hydroxylation is 2. The molecule has 2 heterocycles. The first kappa shape index (κ1) is 14.2. The molecule has 4 rings (SSSR count). The van der Waals surface area contributed by atoms with E-state index in [1.807, 2.05) is 57.5 Å². The molecule has 0 N–H and O–H groups in total. The summed E-state index contributed by atoms with van der Waals surface area (Å²) in [5.41, 5.74) is 4.09.